The van der Waals surface area contributed by atoms with Crippen LogP contribution in [0.4, 0.5) is 11.4 Å². The Labute approximate surface area is 163 Å². The van der Waals surface area contributed by atoms with Gasteiger partial charge in [-0.15, -0.1) is 0 Å². The number of rotatable bonds is 7. The number of carbonyl (C=O) groups is 3. The van der Waals surface area contributed by atoms with Crippen LogP contribution in [0.3, 0.4) is 0 Å². The predicted octanol–water partition coefficient (Wildman–Crippen LogP) is 2.79. The first-order valence-electron chi connectivity index (χ1n) is 8.52. The van der Waals surface area contributed by atoms with Gasteiger partial charge in [-0.05, 0) is 49.4 Å². The summed E-state index contributed by atoms with van der Waals surface area (Å²) in [4.78, 5) is 35.2. The molecule has 0 saturated carbocycles. The zero-order valence-electron chi connectivity index (χ0n) is 15.9. The van der Waals surface area contributed by atoms with E-state index >= 15 is 0 Å². The van der Waals surface area contributed by atoms with E-state index in [4.69, 9.17) is 4.74 Å². The second-order valence-corrected chi connectivity index (χ2v) is 6.00. The van der Waals surface area contributed by atoms with Crippen molar-refractivity contribution in [2.75, 3.05) is 17.7 Å². The minimum absolute atomic E-state index is 0.0197. The maximum absolute atomic E-state index is 12.1. The highest BCUT2D eigenvalue weighted by molar-refractivity contribution is 6.06. The highest BCUT2D eigenvalue weighted by Gasteiger charge is 2.08. The molecule has 0 heterocycles. The minimum atomic E-state index is -0.396. The summed E-state index contributed by atoms with van der Waals surface area (Å²) in [7, 11) is 1.52. The van der Waals surface area contributed by atoms with Gasteiger partial charge in [0.1, 0.15) is 5.75 Å². The molecule has 0 radical (unpaired) electrons. The van der Waals surface area contributed by atoms with Gasteiger partial charge >= 0.3 is 0 Å². The Hall–Kier alpha value is -3.68. The van der Waals surface area contributed by atoms with Crippen molar-refractivity contribution in [1.82, 2.24) is 5.43 Å². The number of methoxy groups -OCH3 is 1. The molecule has 0 bridgehead atoms. The van der Waals surface area contributed by atoms with Crippen LogP contribution in [0.1, 0.15) is 30.6 Å². The van der Waals surface area contributed by atoms with E-state index in [2.05, 4.69) is 21.2 Å². The van der Waals surface area contributed by atoms with E-state index in [1.54, 1.807) is 55.5 Å². The van der Waals surface area contributed by atoms with Gasteiger partial charge in [-0.3, -0.25) is 14.4 Å². The summed E-state index contributed by atoms with van der Waals surface area (Å²) in [5, 5.41) is 9.33. The van der Waals surface area contributed by atoms with Gasteiger partial charge in [0, 0.05) is 29.6 Å². The molecular formula is C20H22N4O4. The number of nitrogens with zero attached hydrogens (tertiary/aromatic N) is 1. The Morgan fingerprint density at radius 3 is 2.21 bits per heavy atom. The van der Waals surface area contributed by atoms with Gasteiger partial charge in [0.25, 0.3) is 5.91 Å². The third-order valence-corrected chi connectivity index (χ3v) is 3.59. The second kappa shape index (κ2) is 9.86. The van der Waals surface area contributed by atoms with Crippen LogP contribution in [0.5, 0.6) is 5.75 Å². The van der Waals surface area contributed by atoms with Gasteiger partial charge in [0.05, 0.1) is 13.5 Å². The molecule has 8 nitrogen and oxygen atoms in total. The van der Waals surface area contributed by atoms with Crippen LogP contribution in [0.25, 0.3) is 0 Å². The lowest BCUT2D eigenvalue weighted by atomic mass is 10.2. The summed E-state index contributed by atoms with van der Waals surface area (Å²) in [6.07, 6.45) is 0.0197. The Bertz CT molecular complexity index is 891. The van der Waals surface area contributed by atoms with E-state index in [1.165, 1.54) is 14.0 Å². The lowest BCUT2D eigenvalue weighted by Crippen LogP contribution is -2.21. The Morgan fingerprint density at radius 1 is 0.964 bits per heavy atom. The number of hydrazone groups is 1. The van der Waals surface area contributed by atoms with Crippen molar-refractivity contribution in [3.05, 3.63) is 54.1 Å². The number of anilines is 2. The van der Waals surface area contributed by atoms with Crippen LogP contribution >= 0.6 is 0 Å². The molecule has 0 saturated heterocycles. The Kier molecular flexibility index (Phi) is 7.27. The van der Waals surface area contributed by atoms with Gasteiger partial charge < -0.3 is 15.4 Å². The van der Waals surface area contributed by atoms with Crippen molar-refractivity contribution in [2.45, 2.75) is 20.3 Å². The maximum atomic E-state index is 12.1. The molecule has 3 N–H and O–H groups in total. The molecule has 8 heteroatoms. The second-order valence-electron chi connectivity index (χ2n) is 6.00. The lowest BCUT2D eigenvalue weighted by molar-refractivity contribution is -0.115. The molecule has 3 amide bonds. The van der Waals surface area contributed by atoms with E-state index in [0.717, 1.165) is 0 Å². The average molecular weight is 382 g/mol. The van der Waals surface area contributed by atoms with Gasteiger partial charge in [-0.2, -0.15) is 5.10 Å². The average Bonchev–Trinajstić information content (AvgIpc) is 2.67. The van der Waals surface area contributed by atoms with Crippen molar-refractivity contribution in [3.63, 3.8) is 0 Å². The number of benzene rings is 2. The number of hydrogen-bond donors (Lipinski definition) is 3. The molecule has 0 aliphatic rings. The lowest BCUT2D eigenvalue weighted by Gasteiger charge is -2.07. The van der Waals surface area contributed by atoms with E-state index in [-0.39, 0.29) is 18.2 Å². The zero-order valence-corrected chi connectivity index (χ0v) is 15.9. The SMILES string of the molecule is COc1cccc(C(=O)NN=C(C)CC(=O)Nc2ccc(NC(C)=O)cc2)c1. The Balaban J connectivity index is 1.87. The van der Waals surface area contributed by atoms with E-state index in [0.29, 0.717) is 28.4 Å². The number of ether oxygens (including phenoxy) is 1. The number of nitrogens with one attached hydrogen (secondary N) is 3. The van der Waals surface area contributed by atoms with E-state index in [9.17, 15) is 14.4 Å². The first-order valence-corrected chi connectivity index (χ1v) is 8.52. The standard InChI is InChI=1S/C20H22N4O4/c1-13(23-24-20(27)15-5-4-6-18(12-15)28-3)11-19(26)22-17-9-7-16(8-10-17)21-14(2)25/h4-10,12H,11H2,1-3H3,(H,21,25)(H,22,26)(H,24,27). The molecular weight excluding hydrogens is 360 g/mol. The molecule has 2 rings (SSSR count). The molecule has 0 unspecified atom stereocenters. The molecule has 28 heavy (non-hydrogen) atoms. The van der Waals surface area contributed by atoms with E-state index in [1.807, 2.05) is 0 Å². The van der Waals surface area contributed by atoms with Gasteiger partial charge in [0.2, 0.25) is 11.8 Å². The van der Waals surface area contributed by atoms with Crippen LogP contribution in [-0.4, -0.2) is 30.5 Å². The van der Waals surface area contributed by atoms with Crippen LogP contribution in [0.15, 0.2) is 53.6 Å². The van der Waals surface area contributed by atoms with Crippen molar-refractivity contribution in [1.29, 1.82) is 0 Å². The van der Waals surface area contributed by atoms with Crippen molar-refractivity contribution < 1.29 is 19.1 Å². The third-order valence-electron chi connectivity index (χ3n) is 3.59. The molecule has 0 aliphatic carbocycles. The highest BCUT2D eigenvalue weighted by Crippen LogP contribution is 2.14. The molecule has 2 aromatic rings. The van der Waals surface area contributed by atoms with Crippen LogP contribution in [0.2, 0.25) is 0 Å². The van der Waals surface area contributed by atoms with E-state index < -0.39 is 5.91 Å². The van der Waals surface area contributed by atoms with Crippen LogP contribution in [-0.2, 0) is 9.59 Å². The first kappa shape index (κ1) is 20.6. The largest absolute Gasteiger partial charge is 0.497 e. The Morgan fingerprint density at radius 2 is 1.61 bits per heavy atom. The van der Waals surface area contributed by atoms with Crippen LogP contribution in [0, 0.1) is 0 Å². The van der Waals surface area contributed by atoms with Crippen molar-refractivity contribution >= 4 is 34.8 Å². The van der Waals surface area contributed by atoms with Gasteiger partial charge in [-0.25, -0.2) is 5.43 Å². The monoisotopic (exact) mass is 382 g/mol. The quantitative estimate of drug-likeness (QED) is 0.505. The summed E-state index contributed by atoms with van der Waals surface area (Å²) in [6.45, 7) is 3.07. The molecule has 146 valence electrons. The molecule has 0 aromatic heterocycles. The smallest absolute Gasteiger partial charge is 0.271 e. The highest BCUT2D eigenvalue weighted by atomic mass is 16.5. The summed E-state index contributed by atoms with van der Waals surface area (Å²) in [6, 6.07) is 13.4. The molecule has 2 aromatic carbocycles. The third kappa shape index (κ3) is 6.56. The predicted molar refractivity (Wildman–Crippen MR) is 108 cm³/mol. The first-order chi connectivity index (χ1) is 13.4. The van der Waals surface area contributed by atoms with Crippen molar-refractivity contribution in [3.8, 4) is 5.75 Å². The normalized spacial score (nSPS) is 10.8. The van der Waals surface area contributed by atoms with Gasteiger partial charge in [0.15, 0.2) is 0 Å². The fraction of sp³-hybridized carbons (Fsp3) is 0.200. The molecule has 0 atom stereocenters. The summed E-state index contributed by atoms with van der Waals surface area (Å²) in [5.74, 6) is -0.270. The molecule has 0 fully saturated rings. The fourth-order valence-corrected chi connectivity index (χ4v) is 2.29. The summed E-state index contributed by atoms with van der Waals surface area (Å²) < 4.78 is 5.08. The number of carbonyl (C=O) groups excluding carboxylic acids is 3. The maximum Gasteiger partial charge on any atom is 0.271 e. The topological polar surface area (TPSA) is 109 Å². The zero-order chi connectivity index (χ0) is 20.5. The number of hydrogen-bond acceptors (Lipinski definition) is 5. The van der Waals surface area contributed by atoms with Crippen LogP contribution < -0.4 is 20.8 Å². The molecule has 0 spiro atoms. The fourth-order valence-electron chi connectivity index (χ4n) is 2.29. The van der Waals surface area contributed by atoms with Crippen molar-refractivity contribution in [2.24, 2.45) is 5.10 Å². The number of amides is 3. The summed E-state index contributed by atoms with van der Waals surface area (Å²) >= 11 is 0. The van der Waals surface area contributed by atoms with Gasteiger partial charge in [-0.1, -0.05) is 6.07 Å². The molecule has 0 aliphatic heterocycles. The summed E-state index contributed by atoms with van der Waals surface area (Å²) in [5.41, 5.74) is 4.50. The minimum Gasteiger partial charge on any atom is -0.497 e.